The summed E-state index contributed by atoms with van der Waals surface area (Å²) in [6.45, 7) is 1.75. The molecule has 1 rings (SSSR count). The van der Waals surface area contributed by atoms with E-state index in [1.807, 2.05) is 0 Å². The van der Waals surface area contributed by atoms with Crippen LogP contribution in [-0.2, 0) is 4.74 Å². The molecule has 146 valence electrons. The van der Waals surface area contributed by atoms with Crippen LogP contribution in [0.4, 0.5) is 0 Å². The van der Waals surface area contributed by atoms with E-state index in [2.05, 4.69) is 0 Å². The third-order valence-corrected chi connectivity index (χ3v) is 4.17. The minimum atomic E-state index is 0.131. The Morgan fingerprint density at radius 1 is 0.769 bits per heavy atom. The molecule has 0 aliphatic carbocycles. The van der Waals surface area contributed by atoms with Crippen molar-refractivity contribution in [3.05, 3.63) is 43.3 Å². The molecule has 0 aliphatic rings. The molecular formula is C17H18Cl6O3. The Kier molecular flexibility index (Phi) is 13.0. The number of hydrogen-bond acceptors (Lipinski definition) is 3. The van der Waals surface area contributed by atoms with Crippen LogP contribution < -0.4 is 9.47 Å². The minimum Gasteiger partial charge on any atom is -0.490 e. The van der Waals surface area contributed by atoms with Crippen LogP contribution in [0, 0.1) is 0 Å². The molecule has 9 heteroatoms. The Bertz CT molecular complexity index is 588. The van der Waals surface area contributed by atoms with Crippen molar-refractivity contribution in [2.75, 3.05) is 26.4 Å². The maximum Gasteiger partial charge on any atom is 0.156 e. The molecule has 0 fully saturated rings. The fourth-order valence-electron chi connectivity index (χ4n) is 1.82. The van der Waals surface area contributed by atoms with Gasteiger partial charge in [0.2, 0.25) is 0 Å². The van der Waals surface area contributed by atoms with E-state index in [1.54, 1.807) is 18.2 Å². The molecule has 1 aromatic rings. The Morgan fingerprint density at radius 3 is 1.96 bits per heavy atom. The van der Waals surface area contributed by atoms with E-state index < -0.39 is 0 Å². The molecule has 0 bridgehead atoms. The summed E-state index contributed by atoms with van der Waals surface area (Å²) in [4.78, 5) is 0. The number of unbranched alkanes of at least 4 members (excludes halogenated alkanes) is 2. The highest BCUT2D eigenvalue weighted by molar-refractivity contribution is 6.56. The Labute approximate surface area is 183 Å². The maximum atomic E-state index is 6.19. The summed E-state index contributed by atoms with van der Waals surface area (Å²) >= 11 is 34.4. The first kappa shape index (κ1) is 24.0. The van der Waals surface area contributed by atoms with Gasteiger partial charge in [-0.15, -0.1) is 0 Å². The highest BCUT2D eigenvalue weighted by Crippen LogP contribution is 2.37. The summed E-state index contributed by atoms with van der Waals surface area (Å²) < 4.78 is 16.8. The van der Waals surface area contributed by atoms with Gasteiger partial charge in [0.05, 0.1) is 23.3 Å². The van der Waals surface area contributed by atoms with Crippen LogP contribution in [0.25, 0.3) is 0 Å². The second-order valence-electron chi connectivity index (χ2n) is 5.00. The second kappa shape index (κ2) is 14.1. The fraction of sp³-hybridized carbons (Fsp3) is 0.412. The molecular weight excluding hydrogens is 465 g/mol. The lowest BCUT2D eigenvalue weighted by atomic mass is 10.2. The molecule has 26 heavy (non-hydrogen) atoms. The van der Waals surface area contributed by atoms with Crippen LogP contribution >= 0.6 is 69.6 Å². The summed E-state index contributed by atoms with van der Waals surface area (Å²) in [6, 6.07) is 3.25. The SMILES string of the molecule is ClC(Cl)=CCOCCCCCOc1c(Cl)cc(OCC=C(Cl)Cl)cc1Cl. The number of halogens is 6. The summed E-state index contributed by atoms with van der Waals surface area (Å²) in [5.74, 6) is 0.936. The molecule has 0 spiro atoms. The van der Waals surface area contributed by atoms with E-state index in [4.69, 9.17) is 83.8 Å². The molecule has 0 N–H and O–H groups in total. The van der Waals surface area contributed by atoms with E-state index in [0.717, 1.165) is 19.3 Å². The normalized spacial score (nSPS) is 10.4. The molecule has 0 saturated heterocycles. The van der Waals surface area contributed by atoms with Gasteiger partial charge >= 0.3 is 0 Å². The predicted molar refractivity (Wildman–Crippen MR) is 112 cm³/mol. The van der Waals surface area contributed by atoms with Gasteiger partial charge in [0.15, 0.2) is 5.75 Å². The topological polar surface area (TPSA) is 27.7 Å². The molecule has 0 aliphatic heterocycles. The first-order valence-electron chi connectivity index (χ1n) is 7.75. The molecule has 1 aromatic carbocycles. The lowest BCUT2D eigenvalue weighted by molar-refractivity contribution is 0.155. The van der Waals surface area contributed by atoms with Gasteiger partial charge in [-0.25, -0.2) is 0 Å². The monoisotopic (exact) mass is 480 g/mol. The van der Waals surface area contributed by atoms with Crippen molar-refractivity contribution in [3.63, 3.8) is 0 Å². The highest BCUT2D eigenvalue weighted by Gasteiger charge is 2.10. The third-order valence-electron chi connectivity index (χ3n) is 2.99. The Hall–Kier alpha value is -0.000000000000000167. The first-order valence-corrected chi connectivity index (χ1v) is 10.0. The number of rotatable bonds is 12. The van der Waals surface area contributed by atoms with Gasteiger partial charge < -0.3 is 14.2 Å². The van der Waals surface area contributed by atoms with Crippen LogP contribution in [0.5, 0.6) is 11.5 Å². The molecule has 0 heterocycles. The lowest BCUT2D eigenvalue weighted by Crippen LogP contribution is -2.01. The minimum absolute atomic E-state index is 0.131. The lowest BCUT2D eigenvalue weighted by Gasteiger charge is -2.12. The highest BCUT2D eigenvalue weighted by atomic mass is 35.5. The number of benzene rings is 1. The molecule has 0 atom stereocenters. The molecule has 0 saturated carbocycles. The van der Waals surface area contributed by atoms with Crippen molar-refractivity contribution in [3.8, 4) is 11.5 Å². The molecule has 0 unspecified atom stereocenters. The van der Waals surface area contributed by atoms with Gasteiger partial charge in [-0.1, -0.05) is 69.6 Å². The van der Waals surface area contributed by atoms with Crippen molar-refractivity contribution < 1.29 is 14.2 Å². The summed E-state index contributed by atoms with van der Waals surface area (Å²) in [5, 5.41) is 0.753. The van der Waals surface area contributed by atoms with Gasteiger partial charge in [-0.05, 0) is 31.4 Å². The maximum absolute atomic E-state index is 6.19. The van der Waals surface area contributed by atoms with Crippen LogP contribution in [0.1, 0.15) is 19.3 Å². The van der Waals surface area contributed by atoms with Gasteiger partial charge in [0.25, 0.3) is 0 Å². The van der Waals surface area contributed by atoms with Crippen LogP contribution in [-0.4, -0.2) is 26.4 Å². The summed E-state index contributed by atoms with van der Waals surface area (Å²) in [5.41, 5.74) is 0. The Morgan fingerprint density at radius 2 is 1.35 bits per heavy atom. The average Bonchev–Trinajstić information content (AvgIpc) is 2.54. The Balaban J connectivity index is 2.30. The van der Waals surface area contributed by atoms with E-state index in [-0.39, 0.29) is 15.6 Å². The van der Waals surface area contributed by atoms with Gasteiger partial charge in [0, 0.05) is 18.7 Å². The van der Waals surface area contributed by atoms with Crippen LogP contribution in [0.2, 0.25) is 10.0 Å². The molecule has 0 radical (unpaired) electrons. The smallest absolute Gasteiger partial charge is 0.156 e. The van der Waals surface area contributed by atoms with E-state index in [9.17, 15) is 0 Å². The zero-order chi connectivity index (χ0) is 19.4. The zero-order valence-corrected chi connectivity index (χ0v) is 18.3. The third kappa shape index (κ3) is 11.0. The molecule has 0 amide bonds. The van der Waals surface area contributed by atoms with Crippen molar-refractivity contribution in [2.24, 2.45) is 0 Å². The van der Waals surface area contributed by atoms with E-state index >= 15 is 0 Å². The summed E-state index contributed by atoms with van der Waals surface area (Å²) in [6.07, 6.45) is 5.81. The van der Waals surface area contributed by atoms with Gasteiger partial charge in [-0.2, -0.15) is 0 Å². The average molecular weight is 483 g/mol. The quantitative estimate of drug-likeness (QED) is 0.287. The van der Waals surface area contributed by atoms with Gasteiger partial charge in [0.1, 0.15) is 21.3 Å². The summed E-state index contributed by atoms with van der Waals surface area (Å²) in [7, 11) is 0. The first-order chi connectivity index (χ1) is 12.4. The molecule has 3 nitrogen and oxygen atoms in total. The number of ether oxygens (including phenoxy) is 3. The zero-order valence-electron chi connectivity index (χ0n) is 13.8. The van der Waals surface area contributed by atoms with Crippen molar-refractivity contribution in [1.29, 1.82) is 0 Å². The standard InChI is InChI=1S/C17H18Cl6O3/c18-13-10-12(25-9-5-16(22)23)11-14(19)17(13)26-7-3-1-2-6-24-8-4-15(20)21/h4-5,10-11H,1-3,6-9H2. The van der Waals surface area contributed by atoms with Crippen LogP contribution in [0.3, 0.4) is 0 Å². The van der Waals surface area contributed by atoms with Crippen molar-refractivity contribution in [1.82, 2.24) is 0 Å². The second-order valence-corrected chi connectivity index (χ2v) is 7.83. The van der Waals surface area contributed by atoms with Crippen molar-refractivity contribution in [2.45, 2.75) is 19.3 Å². The van der Waals surface area contributed by atoms with Crippen LogP contribution in [0.15, 0.2) is 33.3 Å². The largest absolute Gasteiger partial charge is 0.490 e. The molecule has 0 aromatic heterocycles. The predicted octanol–water partition coefficient (Wildman–Crippen LogP) is 7.58. The fourth-order valence-corrected chi connectivity index (χ4v) is 2.65. The van der Waals surface area contributed by atoms with Crippen molar-refractivity contribution >= 4 is 69.6 Å². The van der Waals surface area contributed by atoms with E-state index in [1.165, 1.54) is 6.08 Å². The van der Waals surface area contributed by atoms with E-state index in [0.29, 0.717) is 41.4 Å². The number of hydrogen-bond donors (Lipinski definition) is 0. The van der Waals surface area contributed by atoms with Gasteiger partial charge in [-0.3, -0.25) is 0 Å².